The highest BCUT2D eigenvalue weighted by Crippen LogP contribution is 1.72. The van der Waals surface area contributed by atoms with Gasteiger partial charge < -0.3 is 4.52 Å². The molecule has 0 radical (unpaired) electrons. The van der Waals surface area contributed by atoms with E-state index in [9.17, 15) is 0 Å². The van der Waals surface area contributed by atoms with Crippen LogP contribution in [-0.4, -0.2) is 5.16 Å². The minimum absolute atomic E-state index is 0.00463. The van der Waals surface area contributed by atoms with Crippen LogP contribution in [0.15, 0.2) is 23.0 Å². The zero-order valence-corrected chi connectivity index (χ0v) is 2.43. The van der Waals surface area contributed by atoms with Crippen molar-refractivity contribution in [2.45, 2.75) is 0 Å². The van der Waals surface area contributed by atoms with Crippen LogP contribution in [0.4, 0.5) is 0 Å². The fourth-order valence-electron chi connectivity index (χ4n) is 0.132. The Hall–Kier alpha value is -0.790. The first kappa shape index (κ1) is 1.12. The highest BCUT2D eigenvalue weighted by molar-refractivity contribution is 4.67. The van der Waals surface area contributed by atoms with Gasteiger partial charge in [-0.2, -0.15) is 0 Å². The fourth-order valence-corrected chi connectivity index (χ4v) is 0.132. The number of rotatable bonds is 0. The highest BCUT2D eigenvalue weighted by Gasteiger charge is 1.60. The number of nitrogens with zero attached hydrogens (tertiary/aromatic N) is 1. The monoisotopic (exact) mass is 71.0 g/mol. The van der Waals surface area contributed by atoms with Crippen LogP contribution in [0.1, 0.15) is 2.74 Å². The van der Waals surface area contributed by atoms with E-state index in [0.29, 0.717) is 0 Å². The molecule has 1 aromatic rings. The molecule has 1 aromatic heterocycles. The van der Waals surface area contributed by atoms with E-state index in [1.807, 2.05) is 0 Å². The quantitative estimate of drug-likeness (QED) is 0.449. The molecule has 0 fully saturated rings. The Morgan fingerprint density at radius 2 is 3.00 bits per heavy atom. The van der Waals surface area contributed by atoms with Crippen molar-refractivity contribution in [3.05, 3.63) is 18.5 Å². The summed E-state index contributed by atoms with van der Waals surface area (Å²) >= 11 is 0. The summed E-state index contributed by atoms with van der Waals surface area (Å²) in [7, 11) is 0. The second-order valence-corrected chi connectivity index (χ2v) is 0.574. The van der Waals surface area contributed by atoms with Crippen LogP contribution in [0.3, 0.4) is 0 Å². The molecule has 2 heteroatoms. The summed E-state index contributed by atoms with van der Waals surface area (Å²) in [6, 6.07) is 1.22. The summed E-state index contributed by atoms with van der Waals surface area (Å²) < 4.78 is 17.6. The van der Waals surface area contributed by atoms with E-state index in [0.717, 1.165) is 0 Å². The third-order valence-electron chi connectivity index (χ3n) is 0.275. The van der Waals surface area contributed by atoms with Gasteiger partial charge in [-0.3, -0.25) is 0 Å². The van der Waals surface area contributed by atoms with Gasteiger partial charge >= 0.3 is 0 Å². The van der Waals surface area contributed by atoms with E-state index < -0.39 is 0 Å². The first-order valence-corrected chi connectivity index (χ1v) is 1.19. The standard InChI is InChI=1S/C3H3NO/c1-2-4-5-3-1/h1-3H/i2D,3D. The van der Waals surface area contributed by atoms with Crippen LogP contribution in [-0.2, 0) is 0 Å². The summed E-state index contributed by atoms with van der Waals surface area (Å²) in [6.07, 6.45) is -0.0602. The number of aromatic nitrogens is 1. The third-order valence-corrected chi connectivity index (χ3v) is 0.275. The Kier molecular flexibility index (Phi) is 0.199. The summed E-state index contributed by atoms with van der Waals surface area (Å²) in [5, 5.41) is 3.12. The Morgan fingerprint density at radius 1 is 2.00 bits per heavy atom. The van der Waals surface area contributed by atoms with Gasteiger partial charge in [-0.25, -0.2) is 0 Å². The maximum absolute atomic E-state index is 6.69. The van der Waals surface area contributed by atoms with Crippen molar-refractivity contribution in [3.63, 3.8) is 0 Å². The summed E-state index contributed by atoms with van der Waals surface area (Å²) in [4.78, 5) is 0. The Balaban J connectivity index is 3.04. The second kappa shape index (κ2) is 0.885. The minimum Gasteiger partial charge on any atom is -0.365 e. The fraction of sp³-hybridized carbons (Fsp3) is 0. The molecule has 0 saturated heterocycles. The smallest absolute Gasteiger partial charge is 0.123 e. The zero-order valence-electron chi connectivity index (χ0n) is 4.43. The Bertz CT molecular complexity index is 145. The van der Waals surface area contributed by atoms with Crippen LogP contribution in [0, 0.1) is 0 Å². The lowest BCUT2D eigenvalue weighted by molar-refractivity contribution is 0.420. The average molecular weight is 71.1 g/mol. The molecule has 0 amide bonds. The van der Waals surface area contributed by atoms with Crippen LogP contribution < -0.4 is 0 Å². The van der Waals surface area contributed by atoms with Crippen molar-refractivity contribution in [3.8, 4) is 0 Å². The van der Waals surface area contributed by atoms with Gasteiger partial charge in [0.25, 0.3) is 0 Å². The van der Waals surface area contributed by atoms with E-state index in [4.69, 9.17) is 2.74 Å². The van der Waals surface area contributed by atoms with E-state index in [2.05, 4.69) is 9.68 Å². The lowest BCUT2D eigenvalue weighted by atomic mass is 10.8. The molecule has 5 heavy (non-hydrogen) atoms. The van der Waals surface area contributed by atoms with Crippen LogP contribution >= 0.6 is 0 Å². The molecule has 0 bridgehead atoms. The predicted molar refractivity (Wildman–Crippen MR) is 16.5 cm³/mol. The predicted octanol–water partition coefficient (Wildman–Crippen LogP) is 0.675. The number of hydrogen-bond acceptors (Lipinski definition) is 2. The van der Waals surface area contributed by atoms with Crippen LogP contribution in [0.2, 0.25) is 0 Å². The van der Waals surface area contributed by atoms with E-state index >= 15 is 0 Å². The van der Waals surface area contributed by atoms with Gasteiger partial charge in [-0.1, -0.05) is 5.16 Å². The molecule has 0 N–H and O–H groups in total. The van der Waals surface area contributed by atoms with Gasteiger partial charge in [0, 0.05) is 0 Å². The van der Waals surface area contributed by atoms with Gasteiger partial charge in [0.05, 0.1) is 7.54 Å². The lowest BCUT2D eigenvalue weighted by Crippen LogP contribution is -1.38. The molecular weight excluding hydrogens is 66.0 g/mol. The van der Waals surface area contributed by atoms with Crippen LogP contribution in [0.5, 0.6) is 0 Å². The molecule has 2 nitrogen and oxygen atoms in total. The van der Waals surface area contributed by atoms with Crippen molar-refractivity contribution in [1.82, 2.24) is 5.16 Å². The molecular formula is C3H3NO. The van der Waals surface area contributed by atoms with Gasteiger partial charge in [-0.15, -0.1) is 0 Å². The second-order valence-electron chi connectivity index (χ2n) is 0.574. The third kappa shape index (κ3) is 0.265. The molecule has 0 spiro atoms. The van der Waals surface area contributed by atoms with Crippen LogP contribution in [0.25, 0.3) is 0 Å². The van der Waals surface area contributed by atoms with Crippen molar-refractivity contribution >= 4 is 0 Å². The molecule has 0 aliphatic heterocycles. The molecule has 0 saturated carbocycles. The van der Waals surface area contributed by atoms with Crippen molar-refractivity contribution in [2.75, 3.05) is 0 Å². The van der Waals surface area contributed by atoms with E-state index in [1.54, 1.807) is 0 Å². The molecule has 0 atom stereocenters. The summed E-state index contributed by atoms with van der Waals surface area (Å²) in [5.41, 5.74) is 0. The van der Waals surface area contributed by atoms with Gasteiger partial charge in [0.1, 0.15) is 7.61 Å². The molecule has 1 heterocycles. The first-order valence-electron chi connectivity index (χ1n) is 2.19. The molecule has 0 unspecified atom stereocenters. The number of hydrogen-bond donors (Lipinski definition) is 0. The summed E-state index contributed by atoms with van der Waals surface area (Å²) in [6.45, 7) is 0. The highest BCUT2D eigenvalue weighted by atomic mass is 16.5. The maximum atomic E-state index is 6.69. The van der Waals surface area contributed by atoms with E-state index in [-0.39, 0.29) is 12.4 Å². The van der Waals surface area contributed by atoms with Gasteiger partial charge in [-0.05, 0) is 6.07 Å². The largest absolute Gasteiger partial charge is 0.365 e. The van der Waals surface area contributed by atoms with Crippen molar-refractivity contribution in [1.29, 1.82) is 0 Å². The molecule has 26 valence electrons. The molecule has 1 rings (SSSR count). The molecule has 0 aliphatic carbocycles. The van der Waals surface area contributed by atoms with E-state index in [1.165, 1.54) is 6.07 Å². The molecule has 0 aromatic carbocycles. The summed E-state index contributed by atoms with van der Waals surface area (Å²) in [5.74, 6) is 0. The molecule has 0 aliphatic rings. The van der Waals surface area contributed by atoms with Gasteiger partial charge in [0.2, 0.25) is 0 Å². The Morgan fingerprint density at radius 3 is 3.20 bits per heavy atom. The lowest BCUT2D eigenvalue weighted by Gasteiger charge is -1.48. The van der Waals surface area contributed by atoms with Gasteiger partial charge in [0.15, 0.2) is 0 Å². The first-order chi connectivity index (χ1) is 3.29. The SMILES string of the molecule is [2H]c1cc([2H])on1. The normalized spacial score (nSPS) is 13.6. The topological polar surface area (TPSA) is 26.0 Å². The maximum Gasteiger partial charge on any atom is 0.123 e. The van der Waals surface area contributed by atoms with Crippen molar-refractivity contribution in [2.24, 2.45) is 0 Å². The zero-order chi connectivity index (χ0) is 5.28. The Labute approximate surface area is 32.2 Å². The minimum atomic E-state index is -0.0648. The van der Waals surface area contributed by atoms with Crippen molar-refractivity contribution < 1.29 is 7.26 Å². The average Bonchev–Trinajstić information content (AvgIpc) is 1.87.